The third kappa shape index (κ3) is 3.00. The molecule has 0 saturated carbocycles. The second kappa shape index (κ2) is 6.52. The highest BCUT2D eigenvalue weighted by Gasteiger charge is 2.38. The first kappa shape index (κ1) is 17.8. The predicted molar refractivity (Wildman–Crippen MR) is 95.6 cm³/mol. The van der Waals surface area contributed by atoms with Crippen molar-refractivity contribution in [3.05, 3.63) is 77.1 Å². The van der Waals surface area contributed by atoms with Crippen LogP contribution in [-0.4, -0.2) is 26.3 Å². The van der Waals surface area contributed by atoms with Gasteiger partial charge in [0.05, 0.1) is 24.6 Å². The highest BCUT2D eigenvalue weighted by molar-refractivity contribution is 5.67. The van der Waals surface area contributed by atoms with Gasteiger partial charge in [-0.25, -0.2) is 9.67 Å². The van der Waals surface area contributed by atoms with E-state index in [2.05, 4.69) is 10.1 Å². The molecular weight excluding hydrogens is 373 g/mol. The summed E-state index contributed by atoms with van der Waals surface area (Å²) in [5.41, 5.74) is -2.14. The molecule has 0 aliphatic heterocycles. The number of hydrogen-bond donors (Lipinski definition) is 0. The SMILES string of the molecule is COc1ccn2c(=O)c(-c3cnn(-c4ccccc4)c3)c(C(F)(F)F)nc2c1. The molecule has 9 heteroatoms. The molecule has 0 N–H and O–H groups in total. The van der Waals surface area contributed by atoms with Crippen LogP contribution in [0.1, 0.15) is 5.69 Å². The Balaban J connectivity index is 1.97. The van der Waals surface area contributed by atoms with Gasteiger partial charge in [-0.15, -0.1) is 0 Å². The molecule has 6 nitrogen and oxygen atoms in total. The van der Waals surface area contributed by atoms with Crippen LogP contribution in [0, 0.1) is 0 Å². The third-order valence-electron chi connectivity index (χ3n) is 4.20. The minimum atomic E-state index is -4.82. The molecular formula is C19H13F3N4O2. The van der Waals surface area contributed by atoms with E-state index in [4.69, 9.17) is 4.74 Å². The van der Waals surface area contributed by atoms with Gasteiger partial charge in [-0.1, -0.05) is 18.2 Å². The Morgan fingerprint density at radius 2 is 1.86 bits per heavy atom. The first-order valence-corrected chi connectivity index (χ1v) is 8.16. The van der Waals surface area contributed by atoms with Crippen molar-refractivity contribution in [2.24, 2.45) is 0 Å². The summed E-state index contributed by atoms with van der Waals surface area (Å²) in [6, 6.07) is 11.6. The Morgan fingerprint density at radius 3 is 2.54 bits per heavy atom. The summed E-state index contributed by atoms with van der Waals surface area (Å²) >= 11 is 0. The number of hydrogen-bond acceptors (Lipinski definition) is 4. The maximum atomic E-state index is 13.7. The van der Waals surface area contributed by atoms with Crippen LogP contribution in [0.2, 0.25) is 0 Å². The Bertz CT molecular complexity index is 1210. The van der Waals surface area contributed by atoms with Crippen LogP contribution in [0.25, 0.3) is 22.5 Å². The van der Waals surface area contributed by atoms with E-state index in [1.807, 2.05) is 6.07 Å². The minimum absolute atomic E-state index is 0.0268. The van der Waals surface area contributed by atoms with Gasteiger partial charge in [0.25, 0.3) is 5.56 Å². The number of pyridine rings is 1. The summed E-state index contributed by atoms with van der Waals surface area (Å²) in [6.45, 7) is 0. The molecule has 0 saturated heterocycles. The quantitative estimate of drug-likeness (QED) is 0.540. The fourth-order valence-electron chi connectivity index (χ4n) is 2.89. The van der Waals surface area contributed by atoms with Crippen LogP contribution in [0.3, 0.4) is 0 Å². The highest BCUT2D eigenvalue weighted by atomic mass is 19.4. The molecule has 0 unspecified atom stereocenters. The van der Waals surface area contributed by atoms with E-state index in [0.29, 0.717) is 11.4 Å². The van der Waals surface area contributed by atoms with Crippen molar-refractivity contribution in [1.82, 2.24) is 19.2 Å². The lowest BCUT2D eigenvalue weighted by Gasteiger charge is -2.12. The number of methoxy groups -OCH3 is 1. The predicted octanol–water partition coefficient (Wildman–Crippen LogP) is 3.57. The van der Waals surface area contributed by atoms with E-state index in [9.17, 15) is 18.0 Å². The molecule has 0 aliphatic carbocycles. The van der Waals surface area contributed by atoms with E-state index in [0.717, 1.165) is 4.40 Å². The van der Waals surface area contributed by atoms with Crippen LogP contribution in [-0.2, 0) is 6.18 Å². The number of alkyl halides is 3. The third-order valence-corrected chi connectivity index (χ3v) is 4.20. The van der Waals surface area contributed by atoms with Gasteiger partial charge in [-0.3, -0.25) is 9.20 Å². The van der Waals surface area contributed by atoms with Gasteiger partial charge >= 0.3 is 6.18 Å². The molecule has 3 aromatic heterocycles. The largest absolute Gasteiger partial charge is 0.497 e. The summed E-state index contributed by atoms with van der Waals surface area (Å²) in [7, 11) is 1.38. The van der Waals surface area contributed by atoms with E-state index in [1.54, 1.807) is 24.3 Å². The summed E-state index contributed by atoms with van der Waals surface area (Å²) in [6.07, 6.45) is -0.897. The van der Waals surface area contributed by atoms with Crippen LogP contribution < -0.4 is 10.3 Å². The molecule has 0 bridgehead atoms. The van der Waals surface area contributed by atoms with Gasteiger partial charge in [-0.2, -0.15) is 18.3 Å². The number of rotatable bonds is 3. The smallest absolute Gasteiger partial charge is 0.434 e. The molecule has 4 aromatic rings. The fraction of sp³-hybridized carbons (Fsp3) is 0.105. The number of benzene rings is 1. The first-order valence-electron chi connectivity index (χ1n) is 8.16. The van der Waals surface area contributed by atoms with E-state index in [-0.39, 0.29) is 11.2 Å². The van der Waals surface area contributed by atoms with Crippen LogP contribution in [0.15, 0.2) is 65.8 Å². The Kier molecular flexibility index (Phi) is 4.14. The molecule has 3 heterocycles. The zero-order valence-corrected chi connectivity index (χ0v) is 14.5. The summed E-state index contributed by atoms with van der Waals surface area (Å²) in [4.78, 5) is 16.6. The normalized spacial score (nSPS) is 11.7. The molecule has 142 valence electrons. The second-order valence-electron chi connectivity index (χ2n) is 5.94. The maximum Gasteiger partial charge on any atom is 0.434 e. The molecule has 0 fully saturated rings. The average molecular weight is 386 g/mol. The van der Waals surface area contributed by atoms with Crippen molar-refractivity contribution in [1.29, 1.82) is 0 Å². The maximum absolute atomic E-state index is 13.7. The number of aromatic nitrogens is 4. The average Bonchev–Trinajstić information content (AvgIpc) is 3.17. The monoisotopic (exact) mass is 386 g/mol. The minimum Gasteiger partial charge on any atom is -0.497 e. The van der Waals surface area contributed by atoms with Crippen LogP contribution >= 0.6 is 0 Å². The van der Waals surface area contributed by atoms with Gasteiger partial charge < -0.3 is 4.74 Å². The lowest BCUT2D eigenvalue weighted by molar-refractivity contribution is -0.140. The van der Waals surface area contributed by atoms with Crippen LogP contribution in [0.5, 0.6) is 5.75 Å². The molecule has 0 atom stereocenters. The van der Waals surface area contributed by atoms with Gasteiger partial charge in [0, 0.05) is 24.0 Å². The summed E-state index contributed by atoms with van der Waals surface area (Å²) in [5.74, 6) is 0.296. The Labute approximate surface area is 156 Å². The van der Waals surface area contributed by atoms with Crippen molar-refractivity contribution in [3.63, 3.8) is 0 Å². The molecule has 4 rings (SSSR count). The molecule has 28 heavy (non-hydrogen) atoms. The van der Waals surface area contributed by atoms with Crippen molar-refractivity contribution in [2.75, 3.05) is 7.11 Å². The number of nitrogens with zero attached hydrogens (tertiary/aromatic N) is 4. The molecule has 0 amide bonds. The molecule has 0 spiro atoms. The van der Waals surface area contributed by atoms with Gasteiger partial charge in [0.15, 0.2) is 5.69 Å². The van der Waals surface area contributed by atoms with Gasteiger partial charge in [0.1, 0.15) is 11.4 Å². The number of halogens is 3. The molecule has 1 aromatic carbocycles. The van der Waals surface area contributed by atoms with E-state index in [1.165, 1.54) is 42.5 Å². The lowest BCUT2D eigenvalue weighted by atomic mass is 10.1. The van der Waals surface area contributed by atoms with Crippen molar-refractivity contribution >= 4 is 5.65 Å². The Hall–Kier alpha value is -3.62. The number of fused-ring (bicyclic) bond motifs is 1. The van der Waals surface area contributed by atoms with E-state index < -0.39 is 23.0 Å². The summed E-state index contributed by atoms with van der Waals surface area (Å²) < 4.78 is 48.5. The number of ether oxygens (including phenoxy) is 1. The van der Waals surface area contributed by atoms with Gasteiger partial charge in [0.2, 0.25) is 0 Å². The highest BCUT2D eigenvalue weighted by Crippen LogP contribution is 2.34. The fourth-order valence-corrected chi connectivity index (χ4v) is 2.89. The zero-order valence-electron chi connectivity index (χ0n) is 14.5. The van der Waals surface area contributed by atoms with E-state index >= 15 is 0 Å². The van der Waals surface area contributed by atoms with Crippen LogP contribution in [0.4, 0.5) is 13.2 Å². The van der Waals surface area contributed by atoms with Crippen molar-refractivity contribution < 1.29 is 17.9 Å². The topological polar surface area (TPSA) is 61.4 Å². The van der Waals surface area contributed by atoms with Crippen molar-refractivity contribution in [2.45, 2.75) is 6.18 Å². The first-order chi connectivity index (χ1) is 13.4. The second-order valence-corrected chi connectivity index (χ2v) is 5.94. The van der Waals surface area contributed by atoms with Crippen molar-refractivity contribution in [3.8, 4) is 22.6 Å². The lowest BCUT2D eigenvalue weighted by Crippen LogP contribution is -2.24. The standard InChI is InChI=1S/C19H13F3N4O2/c1-28-14-7-8-25-15(9-14)24-17(19(20,21)22)16(18(25)27)12-10-23-26(11-12)13-5-3-2-4-6-13/h2-11H,1H3. The molecule has 0 aliphatic rings. The Morgan fingerprint density at radius 1 is 1.11 bits per heavy atom. The zero-order chi connectivity index (χ0) is 19.9. The summed E-state index contributed by atoms with van der Waals surface area (Å²) in [5, 5.41) is 4.09. The van der Waals surface area contributed by atoms with Gasteiger partial charge in [-0.05, 0) is 18.2 Å². The molecule has 0 radical (unpaired) electrons. The number of para-hydroxylation sites is 1.